The molecule has 0 bridgehead atoms. The van der Waals surface area contributed by atoms with E-state index in [-0.39, 0.29) is 30.3 Å². The van der Waals surface area contributed by atoms with Gasteiger partial charge in [0.1, 0.15) is 5.82 Å². The number of methoxy groups -OCH3 is 1. The van der Waals surface area contributed by atoms with E-state index in [1.165, 1.54) is 7.11 Å². The summed E-state index contributed by atoms with van der Waals surface area (Å²) < 4.78 is 9.97. The van der Waals surface area contributed by atoms with E-state index in [0.29, 0.717) is 12.3 Å². The zero-order chi connectivity index (χ0) is 13.5. The zero-order valence-corrected chi connectivity index (χ0v) is 10.9. The molecule has 0 aromatic rings. The van der Waals surface area contributed by atoms with Crippen LogP contribution in [0.25, 0.3) is 0 Å². The van der Waals surface area contributed by atoms with Crippen molar-refractivity contribution in [2.75, 3.05) is 13.7 Å². The normalized spacial score (nSPS) is 15.7. The van der Waals surface area contributed by atoms with E-state index in [1.54, 1.807) is 6.92 Å². The largest absolute Gasteiger partial charge is 0.484 e. The lowest BCUT2D eigenvalue weighted by Gasteiger charge is -2.05. The Labute approximate surface area is 106 Å². The van der Waals surface area contributed by atoms with Gasteiger partial charge in [-0.15, -0.1) is 0 Å². The van der Waals surface area contributed by atoms with Crippen LogP contribution in [0.4, 0.5) is 0 Å². The summed E-state index contributed by atoms with van der Waals surface area (Å²) in [6.07, 6.45) is 1.51. The third-order valence-electron chi connectivity index (χ3n) is 2.34. The summed E-state index contributed by atoms with van der Waals surface area (Å²) >= 11 is 0. The molecule has 0 aromatic carbocycles. The first-order chi connectivity index (χ1) is 8.62. The number of aliphatic imine (C=N–C) groups is 1. The first-order valence-electron chi connectivity index (χ1n) is 5.94. The Morgan fingerprint density at radius 2 is 2.17 bits per heavy atom. The molecular weight excluding hydrogens is 236 g/mol. The fourth-order valence-corrected chi connectivity index (χ4v) is 1.52. The summed E-state index contributed by atoms with van der Waals surface area (Å²) in [5.74, 6) is -0.0504. The molecule has 0 saturated heterocycles. The van der Waals surface area contributed by atoms with Gasteiger partial charge in [0.05, 0.1) is 25.7 Å². The monoisotopic (exact) mass is 254 g/mol. The molecule has 1 aliphatic rings. The van der Waals surface area contributed by atoms with Crippen LogP contribution in [0, 0.1) is 0 Å². The second-order valence-electron chi connectivity index (χ2n) is 3.73. The Balaban J connectivity index is 2.96. The van der Waals surface area contributed by atoms with Gasteiger partial charge in [0.25, 0.3) is 0 Å². The number of hydrogen-bond donors (Lipinski definition) is 1. The predicted octanol–water partition coefficient (Wildman–Crippen LogP) is 1.13. The van der Waals surface area contributed by atoms with Crippen molar-refractivity contribution in [2.45, 2.75) is 33.1 Å². The third kappa shape index (κ3) is 3.58. The Hall–Kier alpha value is -1.85. The zero-order valence-electron chi connectivity index (χ0n) is 10.9. The molecular formula is C12H18N2O4. The molecule has 0 spiro atoms. The van der Waals surface area contributed by atoms with Crippen LogP contribution in [0.2, 0.25) is 0 Å². The van der Waals surface area contributed by atoms with Gasteiger partial charge in [-0.3, -0.25) is 4.79 Å². The number of carbonyl (C=O) groups is 2. The quantitative estimate of drug-likeness (QED) is 0.453. The van der Waals surface area contributed by atoms with Crippen LogP contribution >= 0.6 is 0 Å². The average molecular weight is 254 g/mol. The molecule has 1 rings (SSSR count). The molecule has 0 unspecified atom stereocenters. The van der Waals surface area contributed by atoms with Crippen molar-refractivity contribution in [1.82, 2.24) is 5.32 Å². The van der Waals surface area contributed by atoms with Crippen LogP contribution in [-0.2, 0) is 19.1 Å². The van der Waals surface area contributed by atoms with Gasteiger partial charge in [0, 0.05) is 6.42 Å². The standard InChI is InChI=1S/C12H18N2O4/c1-4-6-10(17-3)14-11-8(7-9(15)13-11)12(16)18-5-2/h4-7H2,1-3H3,(H,13,15)/b14-10-. The first-order valence-corrected chi connectivity index (χ1v) is 5.94. The molecule has 0 saturated carbocycles. The molecule has 0 radical (unpaired) electrons. The maximum absolute atomic E-state index is 11.6. The lowest BCUT2D eigenvalue weighted by atomic mass is 10.2. The Bertz CT molecular complexity index is 399. The highest BCUT2D eigenvalue weighted by Crippen LogP contribution is 2.18. The van der Waals surface area contributed by atoms with Gasteiger partial charge in [-0.25, -0.2) is 4.79 Å². The van der Waals surface area contributed by atoms with Crippen LogP contribution in [0.15, 0.2) is 16.4 Å². The van der Waals surface area contributed by atoms with Gasteiger partial charge in [0.15, 0.2) is 5.90 Å². The molecule has 18 heavy (non-hydrogen) atoms. The summed E-state index contributed by atoms with van der Waals surface area (Å²) in [5, 5.41) is 2.54. The van der Waals surface area contributed by atoms with Gasteiger partial charge < -0.3 is 14.8 Å². The molecule has 0 aliphatic carbocycles. The fourth-order valence-electron chi connectivity index (χ4n) is 1.52. The van der Waals surface area contributed by atoms with Gasteiger partial charge >= 0.3 is 5.97 Å². The van der Waals surface area contributed by atoms with Crippen molar-refractivity contribution >= 4 is 17.8 Å². The second-order valence-corrected chi connectivity index (χ2v) is 3.73. The molecule has 1 aliphatic heterocycles. The summed E-state index contributed by atoms with van der Waals surface area (Å²) in [7, 11) is 1.51. The molecule has 0 atom stereocenters. The maximum atomic E-state index is 11.6. The SMILES string of the molecule is CCC/C(=N/C1=C(C(=O)OCC)CC(=O)N1)OC. The Morgan fingerprint density at radius 3 is 2.72 bits per heavy atom. The average Bonchev–Trinajstić information content (AvgIpc) is 2.70. The van der Waals surface area contributed by atoms with E-state index >= 15 is 0 Å². The van der Waals surface area contributed by atoms with Crippen molar-refractivity contribution in [1.29, 1.82) is 0 Å². The lowest BCUT2D eigenvalue weighted by molar-refractivity contribution is -0.139. The van der Waals surface area contributed by atoms with E-state index in [0.717, 1.165) is 6.42 Å². The lowest BCUT2D eigenvalue weighted by Crippen LogP contribution is -2.15. The fraction of sp³-hybridized carbons (Fsp3) is 0.583. The highest BCUT2D eigenvalue weighted by atomic mass is 16.5. The minimum Gasteiger partial charge on any atom is -0.484 e. The van der Waals surface area contributed by atoms with Crippen LogP contribution < -0.4 is 5.32 Å². The highest BCUT2D eigenvalue weighted by molar-refractivity contribution is 6.00. The van der Waals surface area contributed by atoms with Crippen molar-refractivity contribution in [3.63, 3.8) is 0 Å². The summed E-state index contributed by atoms with van der Waals surface area (Å²) in [6, 6.07) is 0. The van der Waals surface area contributed by atoms with Crippen LogP contribution in [0.5, 0.6) is 0 Å². The van der Waals surface area contributed by atoms with E-state index in [9.17, 15) is 9.59 Å². The second kappa shape index (κ2) is 6.78. The van der Waals surface area contributed by atoms with Crippen LogP contribution in [-0.4, -0.2) is 31.5 Å². The van der Waals surface area contributed by atoms with Crippen LogP contribution in [0.1, 0.15) is 33.1 Å². The first kappa shape index (κ1) is 14.2. The molecule has 6 nitrogen and oxygen atoms in total. The number of amides is 1. The minimum absolute atomic E-state index is 0.000780. The number of esters is 1. The number of ether oxygens (including phenoxy) is 2. The number of nitrogens with zero attached hydrogens (tertiary/aromatic N) is 1. The van der Waals surface area contributed by atoms with Gasteiger partial charge in [-0.2, -0.15) is 4.99 Å². The van der Waals surface area contributed by atoms with Gasteiger partial charge in [-0.1, -0.05) is 6.92 Å². The van der Waals surface area contributed by atoms with Gasteiger partial charge in [-0.05, 0) is 13.3 Å². The van der Waals surface area contributed by atoms with Gasteiger partial charge in [0.2, 0.25) is 5.91 Å². The third-order valence-corrected chi connectivity index (χ3v) is 2.34. The smallest absolute Gasteiger partial charge is 0.338 e. The Kier molecular flexibility index (Phi) is 5.35. The number of rotatable bonds is 5. The predicted molar refractivity (Wildman–Crippen MR) is 65.8 cm³/mol. The topological polar surface area (TPSA) is 77.0 Å². The minimum atomic E-state index is -0.512. The van der Waals surface area contributed by atoms with E-state index in [4.69, 9.17) is 9.47 Å². The highest BCUT2D eigenvalue weighted by Gasteiger charge is 2.27. The van der Waals surface area contributed by atoms with Crippen molar-refractivity contribution in [3.05, 3.63) is 11.4 Å². The van der Waals surface area contributed by atoms with E-state index < -0.39 is 5.97 Å². The molecule has 0 fully saturated rings. The molecule has 0 aromatic heterocycles. The number of carbonyl (C=O) groups excluding carboxylic acids is 2. The number of nitrogens with one attached hydrogen (secondary N) is 1. The molecule has 1 amide bonds. The Morgan fingerprint density at radius 1 is 1.44 bits per heavy atom. The van der Waals surface area contributed by atoms with Crippen molar-refractivity contribution in [2.24, 2.45) is 4.99 Å². The molecule has 6 heteroatoms. The van der Waals surface area contributed by atoms with Crippen LogP contribution in [0.3, 0.4) is 0 Å². The van der Waals surface area contributed by atoms with Crippen molar-refractivity contribution in [3.8, 4) is 0 Å². The summed E-state index contributed by atoms with van der Waals surface area (Å²) in [6.45, 7) is 3.96. The number of hydrogen-bond acceptors (Lipinski definition) is 5. The van der Waals surface area contributed by atoms with E-state index in [1.807, 2.05) is 6.92 Å². The molecule has 100 valence electrons. The van der Waals surface area contributed by atoms with E-state index in [2.05, 4.69) is 10.3 Å². The molecule has 1 heterocycles. The summed E-state index contributed by atoms with van der Waals surface area (Å²) in [5.41, 5.74) is 0.257. The molecule has 1 N–H and O–H groups in total. The maximum Gasteiger partial charge on any atom is 0.338 e. The van der Waals surface area contributed by atoms with Crippen molar-refractivity contribution < 1.29 is 19.1 Å². The summed E-state index contributed by atoms with van der Waals surface area (Å²) in [4.78, 5) is 27.1.